The van der Waals surface area contributed by atoms with Crippen LogP contribution in [-0.2, 0) is 6.54 Å². The van der Waals surface area contributed by atoms with E-state index in [1.54, 1.807) is 24.6 Å². The molecule has 0 aliphatic rings. The van der Waals surface area contributed by atoms with Crippen molar-refractivity contribution in [2.24, 2.45) is 0 Å². The molecule has 0 saturated heterocycles. The highest BCUT2D eigenvalue weighted by Gasteiger charge is 2.06. The average molecular weight is 328 g/mol. The second kappa shape index (κ2) is 5.67. The Hall–Kier alpha value is -1.14. The average Bonchev–Trinajstić information content (AvgIpc) is 2.68. The minimum atomic E-state index is 0.533. The first-order chi connectivity index (χ1) is 8.60. The number of nitrogens with zero attached hydrogens (tertiary/aromatic N) is 2. The fourth-order valence-electron chi connectivity index (χ4n) is 1.48. The van der Waals surface area contributed by atoms with Gasteiger partial charge in [-0.15, -0.1) is 11.3 Å². The SMILES string of the molecule is COc1nc(NCc2cc(C)c(C)s2)ncc1Br. The molecular weight excluding hydrogens is 314 g/mol. The van der Waals surface area contributed by atoms with Crippen LogP contribution in [0.5, 0.6) is 5.88 Å². The molecule has 0 saturated carbocycles. The topological polar surface area (TPSA) is 47.0 Å². The molecule has 6 heteroatoms. The summed E-state index contributed by atoms with van der Waals surface area (Å²) >= 11 is 5.11. The van der Waals surface area contributed by atoms with Crippen molar-refractivity contribution < 1.29 is 4.74 Å². The molecule has 0 spiro atoms. The summed E-state index contributed by atoms with van der Waals surface area (Å²) in [5.74, 6) is 1.10. The van der Waals surface area contributed by atoms with Crippen LogP contribution in [0, 0.1) is 13.8 Å². The second-order valence-corrected chi connectivity index (χ2v) is 6.05. The quantitative estimate of drug-likeness (QED) is 0.933. The number of rotatable bonds is 4. The van der Waals surface area contributed by atoms with Gasteiger partial charge in [-0.2, -0.15) is 4.98 Å². The monoisotopic (exact) mass is 327 g/mol. The van der Waals surface area contributed by atoms with E-state index in [1.165, 1.54) is 15.3 Å². The first-order valence-corrected chi connectivity index (χ1v) is 7.07. The second-order valence-electron chi connectivity index (χ2n) is 3.86. The summed E-state index contributed by atoms with van der Waals surface area (Å²) in [4.78, 5) is 11.1. The first-order valence-electron chi connectivity index (χ1n) is 5.46. The Balaban J connectivity index is 2.06. The molecule has 0 bridgehead atoms. The highest BCUT2D eigenvalue weighted by molar-refractivity contribution is 9.10. The van der Waals surface area contributed by atoms with Gasteiger partial charge in [0.15, 0.2) is 0 Å². The van der Waals surface area contributed by atoms with Crippen molar-refractivity contribution in [3.63, 3.8) is 0 Å². The summed E-state index contributed by atoms with van der Waals surface area (Å²) < 4.78 is 5.87. The van der Waals surface area contributed by atoms with Gasteiger partial charge in [-0.3, -0.25) is 0 Å². The van der Waals surface area contributed by atoms with Crippen LogP contribution in [0.15, 0.2) is 16.7 Å². The van der Waals surface area contributed by atoms with Gasteiger partial charge in [0.25, 0.3) is 0 Å². The van der Waals surface area contributed by atoms with Crippen LogP contribution in [0.25, 0.3) is 0 Å². The lowest BCUT2D eigenvalue weighted by Gasteiger charge is -2.06. The fourth-order valence-corrected chi connectivity index (χ4v) is 2.83. The predicted molar refractivity (Wildman–Crippen MR) is 77.4 cm³/mol. The lowest BCUT2D eigenvalue weighted by Crippen LogP contribution is -2.03. The molecule has 96 valence electrons. The minimum absolute atomic E-state index is 0.533. The van der Waals surface area contributed by atoms with Gasteiger partial charge < -0.3 is 10.1 Å². The largest absolute Gasteiger partial charge is 0.480 e. The van der Waals surface area contributed by atoms with Crippen molar-refractivity contribution in [3.8, 4) is 5.88 Å². The van der Waals surface area contributed by atoms with Crippen molar-refractivity contribution >= 4 is 33.2 Å². The molecule has 1 N–H and O–H groups in total. The molecule has 0 radical (unpaired) electrons. The van der Waals surface area contributed by atoms with Crippen LogP contribution in [0.4, 0.5) is 5.95 Å². The number of halogens is 1. The molecule has 0 unspecified atom stereocenters. The number of anilines is 1. The number of thiophene rings is 1. The number of hydrogen-bond donors (Lipinski definition) is 1. The Bertz CT molecular complexity index is 537. The van der Waals surface area contributed by atoms with Crippen LogP contribution in [0.1, 0.15) is 15.3 Å². The Labute approximate surface area is 119 Å². The summed E-state index contributed by atoms with van der Waals surface area (Å²) in [7, 11) is 1.59. The zero-order valence-corrected chi connectivity index (χ0v) is 12.9. The maximum absolute atomic E-state index is 5.13. The van der Waals surface area contributed by atoms with Gasteiger partial charge in [0, 0.05) is 9.75 Å². The van der Waals surface area contributed by atoms with Crippen molar-refractivity contribution in [2.45, 2.75) is 20.4 Å². The van der Waals surface area contributed by atoms with E-state index >= 15 is 0 Å². The van der Waals surface area contributed by atoms with E-state index in [2.05, 4.69) is 51.1 Å². The van der Waals surface area contributed by atoms with Gasteiger partial charge >= 0.3 is 0 Å². The van der Waals surface area contributed by atoms with Crippen LogP contribution < -0.4 is 10.1 Å². The number of hydrogen-bond acceptors (Lipinski definition) is 5. The summed E-state index contributed by atoms with van der Waals surface area (Å²) in [6.07, 6.45) is 1.68. The van der Waals surface area contributed by atoms with Crippen molar-refractivity contribution in [3.05, 3.63) is 32.1 Å². The summed E-state index contributed by atoms with van der Waals surface area (Å²) in [6, 6.07) is 2.18. The maximum atomic E-state index is 5.13. The molecule has 2 aromatic heterocycles. The summed E-state index contributed by atoms with van der Waals surface area (Å²) in [5, 5.41) is 3.19. The van der Waals surface area contributed by atoms with Gasteiger partial charge in [-0.05, 0) is 41.4 Å². The van der Waals surface area contributed by atoms with Crippen LogP contribution in [0.3, 0.4) is 0 Å². The molecule has 2 heterocycles. The molecule has 0 aliphatic heterocycles. The molecule has 0 amide bonds. The number of methoxy groups -OCH3 is 1. The zero-order chi connectivity index (χ0) is 13.1. The molecule has 0 aliphatic carbocycles. The molecule has 4 nitrogen and oxygen atoms in total. The molecule has 2 aromatic rings. The van der Waals surface area contributed by atoms with Gasteiger partial charge in [-0.25, -0.2) is 4.98 Å². The van der Waals surface area contributed by atoms with E-state index in [9.17, 15) is 0 Å². The third kappa shape index (κ3) is 3.00. The molecule has 0 aromatic carbocycles. The smallest absolute Gasteiger partial charge is 0.232 e. The van der Waals surface area contributed by atoms with E-state index in [0.29, 0.717) is 11.8 Å². The minimum Gasteiger partial charge on any atom is -0.480 e. The van der Waals surface area contributed by atoms with Crippen LogP contribution in [-0.4, -0.2) is 17.1 Å². The van der Waals surface area contributed by atoms with Gasteiger partial charge in [-0.1, -0.05) is 0 Å². The number of aromatic nitrogens is 2. The Morgan fingerprint density at radius 3 is 2.83 bits per heavy atom. The highest BCUT2D eigenvalue weighted by Crippen LogP contribution is 2.23. The van der Waals surface area contributed by atoms with E-state index in [1.807, 2.05) is 0 Å². The van der Waals surface area contributed by atoms with E-state index in [4.69, 9.17) is 4.74 Å². The zero-order valence-electron chi connectivity index (χ0n) is 10.5. The number of ether oxygens (including phenoxy) is 1. The van der Waals surface area contributed by atoms with Crippen molar-refractivity contribution in [2.75, 3.05) is 12.4 Å². The Morgan fingerprint density at radius 2 is 2.22 bits per heavy atom. The van der Waals surface area contributed by atoms with E-state index in [0.717, 1.165) is 11.0 Å². The molecule has 2 rings (SSSR count). The van der Waals surface area contributed by atoms with Crippen LogP contribution >= 0.6 is 27.3 Å². The molecule has 0 atom stereocenters. The normalized spacial score (nSPS) is 10.4. The number of aryl methyl sites for hydroxylation is 2. The third-order valence-corrected chi connectivity index (χ3v) is 4.24. The van der Waals surface area contributed by atoms with E-state index < -0.39 is 0 Å². The van der Waals surface area contributed by atoms with Crippen LogP contribution in [0.2, 0.25) is 0 Å². The van der Waals surface area contributed by atoms with E-state index in [-0.39, 0.29) is 0 Å². The third-order valence-electron chi connectivity index (χ3n) is 2.54. The number of nitrogens with one attached hydrogen (secondary N) is 1. The van der Waals surface area contributed by atoms with Gasteiger partial charge in [0.2, 0.25) is 11.8 Å². The standard InChI is InChI=1S/C12H14BrN3OS/c1-7-4-9(18-8(7)2)5-14-12-15-6-10(13)11(16-12)17-3/h4,6H,5H2,1-3H3,(H,14,15,16). The maximum Gasteiger partial charge on any atom is 0.232 e. The van der Waals surface area contributed by atoms with Gasteiger partial charge in [0.1, 0.15) is 0 Å². The summed E-state index contributed by atoms with van der Waals surface area (Å²) in [5.41, 5.74) is 1.33. The molecule has 18 heavy (non-hydrogen) atoms. The predicted octanol–water partition coefficient (Wildman–Crippen LogP) is 3.54. The fraction of sp³-hybridized carbons (Fsp3) is 0.333. The van der Waals surface area contributed by atoms with Gasteiger partial charge in [0.05, 0.1) is 24.3 Å². The lowest BCUT2D eigenvalue weighted by molar-refractivity contribution is 0.394. The highest BCUT2D eigenvalue weighted by atomic mass is 79.9. The first kappa shape index (κ1) is 13.3. The summed E-state index contributed by atoms with van der Waals surface area (Å²) in [6.45, 7) is 4.97. The Morgan fingerprint density at radius 1 is 1.44 bits per heavy atom. The lowest BCUT2D eigenvalue weighted by atomic mass is 10.3. The molecule has 0 fully saturated rings. The molecular formula is C12H14BrN3OS. The van der Waals surface area contributed by atoms with Crippen molar-refractivity contribution in [1.29, 1.82) is 0 Å². The Kier molecular flexibility index (Phi) is 4.19. The van der Waals surface area contributed by atoms with Crippen molar-refractivity contribution in [1.82, 2.24) is 9.97 Å².